The average molecular weight is 461 g/mol. The van der Waals surface area contributed by atoms with Crippen molar-refractivity contribution in [2.24, 2.45) is 0 Å². The molecule has 0 spiro atoms. The van der Waals surface area contributed by atoms with Gasteiger partial charge < -0.3 is 19.1 Å². The van der Waals surface area contributed by atoms with Crippen molar-refractivity contribution in [1.29, 1.82) is 0 Å². The third kappa shape index (κ3) is 4.52. The van der Waals surface area contributed by atoms with E-state index in [0.717, 1.165) is 28.0 Å². The van der Waals surface area contributed by atoms with E-state index < -0.39 is 0 Å². The molecular weight excluding hydrogens is 432 g/mol. The van der Waals surface area contributed by atoms with Crippen molar-refractivity contribution < 1.29 is 19.0 Å². The van der Waals surface area contributed by atoms with E-state index in [1.807, 2.05) is 55.5 Å². The van der Waals surface area contributed by atoms with E-state index in [2.05, 4.69) is 10.1 Å². The van der Waals surface area contributed by atoms with Crippen LogP contribution in [0.5, 0.6) is 17.2 Å². The van der Waals surface area contributed by atoms with Crippen molar-refractivity contribution in [3.8, 4) is 17.2 Å². The summed E-state index contributed by atoms with van der Waals surface area (Å²) in [5.41, 5.74) is 3.17. The number of pyridine rings is 1. The number of carbonyl (C=O) groups is 1. The van der Waals surface area contributed by atoms with Gasteiger partial charge in [0.15, 0.2) is 5.65 Å². The summed E-state index contributed by atoms with van der Waals surface area (Å²) in [5.74, 6) is 2.11. The molecule has 1 unspecified atom stereocenters. The largest absolute Gasteiger partial charge is 0.497 e. The van der Waals surface area contributed by atoms with E-state index in [0.29, 0.717) is 23.5 Å². The van der Waals surface area contributed by atoms with Gasteiger partial charge in [-0.15, -0.1) is 0 Å². The minimum absolute atomic E-state index is 0.109. The van der Waals surface area contributed by atoms with Crippen LogP contribution in [0, 0.1) is 0 Å². The molecule has 0 fully saturated rings. The second kappa shape index (κ2) is 9.82. The Labute approximate surface area is 198 Å². The van der Waals surface area contributed by atoms with Gasteiger partial charge in [0.2, 0.25) is 0 Å². The fourth-order valence-corrected chi connectivity index (χ4v) is 3.83. The van der Waals surface area contributed by atoms with Gasteiger partial charge >= 0.3 is 0 Å². The number of fused-ring (bicyclic) bond motifs is 1. The second-order valence-electron chi connectivity index (χ2n) is 7.98. The Balaban J connectivity index is 1.55. The van der Waals surface area contributed by atoms with Crippen LogP contribution < -0.4 is 14.2 Å². The number of rotatable bonds is 8. The molecule has 2 heterocycles. The Morgan fingerprint density at radius 3 is 2.35 bits per heavy atom. The van der Waals surface area contributed by atoms with Gasteiger partial charge in [0.25, 0.3) is 5.91 Å². The Bertz CT molecular complexity index is 1300. The van der Waals surface area contributed by atoms with Gasteiger partial charge in [-0.1, -0.05) is 12.1 Å². The molecule has 0 N–H and O–H groups in total. The summed E-state index contributed by atoms with van der Waals surface area (Å²) in [5, 5.41) is 5.28. The molecule has 4 aromatic rings. The van der Waals surface area contributed by atoms with Crippen LogP contribution in [-0.2, 0) is 6.54 Å². The molecule has 4 rings (SSSR count). The Morgan fingerprint density at radius 1 is 0.971 bits per heavy atom. The molecular formula is C26H28N4O4. The number of ether oxygens (including phenoxy) is 3. The molecule has 0 bridgehead atoms. The van der Waals surface area contributed by atoms with Crippen LogP contribution >= 0.6 is 0 Å². The van der Waals surface area contributed by atoms with Crippen LogP contribution in [0.15, 0.2) is 60.9 Å². The van der Waals surface area contributed by atoms with E-state index in [4.69, 9.17) is 14.2 Å². The van der Waals surface area contributed by atoms with Crippen molar-refractivity contribution in [3.05, 3.63) is 77.6 Å². The van der Waals surface area contributed by atoms with E-state index in [-0.39, 0.29) is 11.9 Å². The number of amides is 1. The molecule has 176 valence electrons. The predicted octanol–water partition coefficient (Wildman–Crippen LogP) is 4.34. The maximum Gasteiger partial charge on any atom is 0.255 e. The molecule has 34 heavy (non-hydrogen) atoms. The van der Waals surface area contributed by atoms with Gasteiger partial charge in [-0.3, -0.25) is 4.79 Å². The first-order chi connectivity index (χ1) is 16.4. The molecule has 0 aliphatic heterocycles. The molecule has 2 aromatic carbocycles. The molecule has 2 aromatic heterocycles. The number of nitrogens with zero attached hydrogens (tertiary/aromatic N) is 4. The first-order valence-corrected chi connectivity index (χ1v) is 10.9. The van der Waals surface area contributed by atoms with Crippen LogP contribution in [-0.4, -0.2) is 53.9 Å². The van der Waals surface area contributed by atoms with Crippen molar-refractivity contribution in [2.75, 3.05) is 28.4 Å². The second-order valence-corrected chi connectivity index (χ2v) is 7.98. The molecule has 1 amide bonds. The standard InChI is InChI=1S/C26H28N4O4/c1-17(18-6-9-22(32-3)10-7-18)29(2)26(31)21-12-20-15-28-30(25(20)27-14-21)16-19-8-11-23(33-4)13-24(19)34-5/h6-15,17H,16H2,1-5H3. The molecule has 0 radical (unpaired) electrons. The van der Waals surface area contributed by atoms with Gasteiger partial charge in [0.05, 0.1) is 45.7 Å². The van der Waals surface area contributed by atoms with Crippen molar-refractivity contribution >= 4 is 16.9 Å². The van der Waals surface area contributed by atoms with Crippen LogP contribution in [0.1, 0.15) is 34.5 Å². The molecule has 1 atom stereocenters. The molecule has 0 aliphatic rings. The maximum absolute atomic E-state index is 13.2. The SMILES string of the molecule is COc1ccc(C(C)N(C)C(=O)c2cnc3c(cnn3Cc3ccc(OC)cc3OC)c2)cc1. The lowest BCUT2D eigenvalue weighted by Gasteiger charge is -2.25. The highest BCUT2D eigenvalue weighted by molar-refractivity contribution is 5.96. The predicted molar refractivity (Wildman–Crippen MR) is 130 cm³/mol. The summed E-state index contributed by atoms with van der Waals surface area (Å²) >= 11 is 0. The highest BCUT2D eigenvalue weighted by Crippen LogP contribution is 2.27. The zero-order valence-electron chi connectivity index (χ0n) is 20.0. The summed E-state index contributed by atoms with van der Waals surface area (Å²) in [6.45, 7) is 2.47. The highest BCUT2D eigenvalue weighted by Gasteiger charge is 2.20. The van der Waals surface area contributed by atoms with Gasteiger partial charge in [-0.2, -0.15) is 5.10 Å². The fourth-order valence-electron chi connectivity index (χ4n) is 3.83. The number of hydrogen-bond donors (Lipinski definition) is 0. The Kier molecular flexibility index (Phi) is 6.67. The number of hydrogen-bond acceptors (Lipinski definition) is 6. The van der Waals surface area contributed by atoms with Crippen molar-refractivity contribution in [1.82, 2.24) is 19.7 Å². The summed E-state index contributed by atoms with van der Waals surface area (Å²) in [6, 6.07) is 15.1. The highest BCUT2D eigenvalue weighted by atomic mass is 16.5. The van der Waals surface area contributed by atoms with E-state index in [9.17, 15) is 4.79 Å². The van der Waals surface area contributed by atoms with E-state index in [1.165, 1.54) is 0 Å². The summed E-state index contributed by atoms with van der Waals surface area (Å²) in [4.78, 5) is 19.4. The number of carbonyl (C=O) groups excluding carboxylic acids is 1. The molecule has 0 saturated carbocycles. The monoisotopic (exact) mass is 460 g/mol. The first-order valence-electron chi connectivity index (χ1n) is 10.9. The number of methoxy groups -OCH3 is 3. The quantitative estimate of drug-likeness (QED) is 0.389. The molecule has 0 aliphatic carbocycles. The zero-order chi connectivity index (χ0) is 24.2. The van der Waals surface area contributed by atoms with Crippen LogP contribution in [0.3, 0.4) is 0 Å². The molecule has 8 heteroatoms. The van der Waals surface area contributed by atoms with Gasteiger partial charge in [0.1, 0.15) is 17.2 Å². The Morgan fingerprint density at radius 2 is 1.68 bits per heavy atom. The lowest BCUT2D eigenvalue weighted by atomic mass is 10.1. The normalized spacial score (nSPS) is 11.8. The summed E-state index contributed by atoms with van der Waals surface area (Å²) < 4.78 is 17.8. The first kappa shape index (κ1) is 23.1. The fraction of sp³-hybridized carbons (Fsp3) is 0.269. The van der Waals surface area contributed by atoms with Gasteiger partial charge in [0, 0.05) is 30.3 Å². The smallest absolute Gasteiger partial charge is 0.255 e. The Hall–Kier alpha value is -4.07. The van der Waals surface area contributed by atoms with E-state index >= 15 is 0 Å². The molecule has 8 nitrogen and oxygen atoms in total. The lowest BCUT2D eigenvalue weighted by Crippen LogP contribution is -2.29. The summed E-state index contributed by atoms with van der Waals surface area (Å²) in [6.07, 6.45) is 3.33. The molecule has 0 saturated heterocycles. The maximum atomic E-state index is 13.2. The number of aromatic nitrogens is 3. The summed E-state index contributed by atoms with van der Waals surface area (Å²) in [7, 11) is 6.67. The van der Waals surface area contributed by atoms with E-state index in [1.54, 1.807) is 50.4 Å². The van der Waals surface area contributed by atoms with Crippen LogP contribution in [0.4, 0.5) is 0 Å². The van der Waals surface area contributed by atoms with Crippen LogP contribution in [0.2, 0.25) is 0 Å². The van der Waals surface area contributed by atoms with Crippen molar-refractivity contribution in [2.45, 2.75) is 19.5 Å². The number of benzene rings is 2. The third-order valence-electron chi connectivity index (χ3n) is 6.04. The average Bonchev–Trinajstić information content (AvgIpc) is 3.29. The topological polar surface area (TPSA) is 78.7 Å². The van der Waals surface area contributed by atoms with Gasteiger partial charge in [-0.25, -0.2) is 9.67 Å². The van der Waals surface area contributed by atoms with Gasteiger partial charge in [-0.05, 0) is 42.8 Å². The van der Waals surface area contributed by atoms with Crippen LogP contribution in [0.25, 0.3) is 11.0 Å². The zero-order valence-corrected chi connectivity index (χ0v) is 20.0. The van der Waals surface area contributed by atoms with Crippen molar-refractivity contribution in [3.63, 3.8) is 0 Å². The minimum Gasteiger partial charge on any atom is -0.497 e. The lowest BCUT2D eigenvalue weighted by molar-refractivity contribution is 0.0742. The third-order valence-corrected chi connectivity index (χ3v) is 6.04. The minimum atomic E-state index is -0.112.